The maximum Gasteiger partial charge on any atom is 0.251 e. The summed E-state index contributed by atoms with van der Waals surface area (Å²) in [5, 5.41) is 6.88. The van der Waals surface area contributed by atoms with Crippen LogP contribution in [0.1, 0.15) is 52.6 Å². The molecule has 0 bridgehead atoms. The van der Waals surface area contributed by atoms with Crippen LogP contribution in [0.5, 0.6) is 0 Å². The summed E-state index contributed by atoms with van der Waals surface area (Å²) in [7, 11) is 0. The Morgan fingerprint density at radius 2 is 1.88 bits per heavy atom. The number of anilines is 1. The molecular weight excluding hydrogens is 346 g/mol. The zero-order valence-corrected chi connectivity index (χ0v) is 16.1. The van der Waals surface area contributed by atoms with Crippen LogP contribution in [0, 0.1) is 5.92 Å². The fourth-order valence-corrected chi connectivity index (χ4v) is 4.05. The SMILES string of the molecule is CC(C)C(=O)Nc1ccc(C(=O)NCCc2nc3c(s2)CCCC3)cc1. The molecule has 1 aromatic carbocycles. The summed E-state index contributed by atoms with van der Waals surface area (Å²) < 4.78 is 0. The molecule has 6 heteroatoms. The van der Waals surface area contributed by atoms with Crippen molar-refractivity contribution in [3.05, 3.63) is 45.4 Å². The molecular formula is C20H25N3O2S. The fourth-order valence-electron chi connectivity index (χ4n) is 2.89. The maximum absolute atomic E-state index is 12.3. The van der Waals surface area contributed by atoms with E-state index in [2.05, 4.69) is 10.6 Å². The number of carbonyl (C=O) groups excluding carboxylic acids is 2. The Hall–Kier alpha value is -2.21. The van der Waals surface area contributed by atoms with Gasteiger partial charge in [0.2, 0.25) is 5.91 Å². The lowest BCUT2D eigenvalue weighted by atomic mass is 10.0. The van der Waals surface area contributed by atoms with E-state index in [1.807, 2.05) is 13.8 Å². The topological polar surface area (TPSA) is 71.1 Å². The first kappa shape index (κ1) is 18.6. The third-order valence-electron chi connectivity index (χ3n) is 4.45. The van der Waals surface area contributed by atoms with Crippen LogP contribution in [0.4, 0.5) is 5.69 Å². The lowest BCUT2D eigenvalue weighted by Gasteiger charge is -2.08. The third kappa shape index (κ3) is 4.69. The van der Waals surface area contributed by atoms with Crippen molar-refractivity contribution in [2.75, 3.05) is 11.9 Å². The molecule has 138 valence electrons. The quantitative estimate of drug-likeness (QED) is 0.815. The zero-order valence-electron chi connectivity index (χ0n) is 15.3. The molecule has 0 aliphatic heterocycles. The summed E-state index contributed by atoms with van der Waals surface area (Å²) in [6.45, 7) is 4.27. The van der Waals surface area contributed by atoms with Gasteiger partial charge in [0.25, 0.3) is 5.91 Å². The molecule has 1 aliphatic rings. The maximum atomic E-state index is 12.3. The summed E-state index contributed by atoms with van der Waals surface area (Å²) in [4.78, 5) is 30.1. The minimum atomic E-state index is -0.104. The Balaban J connectivity index is 1.48. The number of aryl methyl sites for hydroxylation is 2. The lowest BCUT2D eigenvalue weighted by molar-refractivity contribution is -0.118. The monoisotopic (exact) mass is 371 g/mol. The van der Waals surface area contributed by atoms with Crippen LogP contribution in [0.25, 0.3) is 0 Å². The van der Waals surface area contributed by atoms with Crippen molar-refractivity contribution in [3.63, 3.8) is 0 Å². The van der Waals surface area contributed by atoms with Crippen LogP contribution in [0.2, 0.25) is 0 Å². The van der Waals surface area contributed by atoms with E-state index >= 15 is 0 Å². The van der Waals surface area contributed by atoms with E-state index < -0.39 is 0 Å². The predicted molar refractivity (Wildman–Crippen MR) is 105 cm³/mol. The van der Waals surface area contributed by atoms with Gasteiger partial charge in [0.1, 0.15) is 0 Å². The summed E-state index contributed by atoms with van der Waals surface area (Å²) in [5.41, 5.74) is 2.56. The molecule has 1 aliphatic carbocycles. The second-order valence-electron chi connectivity index (χ2n) is 6.91. The highest BCUT2D eigenvalue weighted by molar-refractivity contribution is 7.11. The first-order chi connectivity index (χ1) is 12.5. The Kier molecular flexibility index (Phi) is 6.04. The lowest BCUT2D eigenvalue weighted by Crippen LogP contribution is -2.25. The standard InChI is InChI=1S/C20H25N3O2S/c1-13(2)19(24)22-15-9-7-14(8-10-15)20(25)21-12-11-18-23-16-5-3-4-6-17(16)26-18/h7-10,13H,3-6,11-12H2,1-2H3,(H,21,25)(H,22,24). The number of nitrogens with one attached hydrogen (secondary N) is 2. The van der Waals surface area contributed by atoms with E-state index in [0.717, 1.165) is 24.3 Å². The number of fused-ring (bicyclic) bond motifs is 1. The third-order valence-corrected chi connectivity index (χ3v) is 5.67. The molecule has 1 aromatic heterocycles. The average Bonchev–Trinajstić information content (AvgIpc) is 3.04. The van der Waals surface area contributed by atoms with Gasteiger partial charge < -0.3 is 10.6 Å². The number of hydrogen-bond donors (Lipinski definition) is 2. The van der Waals surface area contributed by atoms with Gasteiger partial charge in [-0.05, 0) is 49.9 Å². The van der Waals surface area contributed by atoms with Gasteiger partial charge in [-0.3, -0.25) is 9.59 Å². The number of amides is 2. The smallest absolute Gasteiger partial charge is 0.251 e. The van der Waals surface area contributed by atoms with Crippen molar-refractivity contribution in [1.82, 2.24) is 10.3 Å². The van der Waals surface area contributed by atoms with E-state index in [1.165, 1.54) is 23.4 Å². The van der Waals surface area contributed by atoms with Crippen molar-refractivity contribution in [3.8, 4) is 0 Å². The second kappa shape index (κ2) is 8.45. The van der Waals surface area contributed by atoms with Crippen molar-refractivity contribution < 1.29 is 9.59 Å². The molecule has 26 heavy (non-hydrogen) atoms. The number of carbonyl (C=O) groups is 2. The van der Waals surface area contributed by atoms with Crippen LogP contribution < -0.4 is 10.6 Å². The number of thiazole rings is 1. The number of rotatable bonds is 6. The van der Waals surface area contributed by atoms with Gasteiger partial charge in [-0.15, -0.1) is 11.3 Å². The molecule has 5 nitrogen and oxygen atoms in total. The molecule has 0 saturated heterocycles. The van der Waals surface area contributed by atoms with Crippen molar-refractivity contribution in [2.45, 2.75) is 46.0 Å². The normalized spacial score (nSPS) is 13.3. The van der Waals surface area contributed by atoms with Crippen molar-refractivity contribution in [1.29, 1.82) is 0 Å². The second-order valence-corrected chi connectivity index (χ2v) is 8.08. The molecule has 0 spiro atoms. The highest BCUT2D eigenvalue weighted by Crippen LogP contribution is 2.26. The Labute approximate surface area is 158 Å². The van der Waals surface area contributed by atoms with Crippen molar-refractivity contribution >= 4 is 28.8 Å². The van der Waals surface area contributed by atoms with Gasteiger partial charge in [0.15, 0.2) is 0 Å². The van der Waals surface area contributed by atoms with E-state index in [0.29, 0.717) is 17.8 Å². The largest absolute Gasteiger partial charge is 0.352 e. The van der Waals surface area contributed by atoms with Crippen molar-refractivity contribution in [2.24, 2.45) is 5.92 Å². The summed E-state index contributed by atoms with van der Waals surface area (Å²) in [5.74, 6) is -0.212. The van der Waals surface area contributed by atoms with Crippen LogP contribution in [0.3, 0.4) is 0 Å². The number of aromatic nitrogens is 1. The molecule has 0 saturated carbocycles. The number of nitrogens with zero attached hydrogens (tertiary/aromatic N) is 1. The number of benzene rings is 1. The molecule has 2 amide bonds. The Bertz CT molecular complexity index is 757. The minimum absolute atomic E-state index is 0.0339. The van der Waals surface area contributed by atoms with Crippen LogP contribution in [-0.4, -0.2) is 23.3 Å². The van der Waals surface area contributed by atoms with Gasteiger partial charge in [-0.2, -0.15) is 0 Å². The van der Waals surface area contributed by atoms with Gasteiger partial charge in [-0.1, -0.05) is 13.8 Å². The molecule has 2 aromatic rings. The Morgan fingerprint density at radius 3 is 2.58 bits per heavy atom. The molecule has 1 heterocycles. The van der Waals surface area contributed by atoms with Gasteiger partial charge in [0, 0.05) is 35.0 Å². The molecule has 0 radical (unpaired) electrons. The molecule has 0 fully saturated rings. The van der Waals surface area contributed by atoms with Crippen LogP contribution >= 0.6 is 11.3 Å². The summed E-state index contributed by atoms with van der Waals surface area (Å²) in [6, 6.07) is 6.97. The van der Waals surface area contributed by atoms with E-state index in [-0.39, 0.29) is 17.7 Å². The molecule has 0 atom stereocenters. The van der Waals surface area contributed by atoms with Gasteiger partial charge >= 0.3 is 0 Å². The zero-order chi connectivity index (χ0) is 18.5. The van der Waals surface area contributed by atoms with E-state index in [1.54, 1.807) is 35.6 Å². The minimum Gasteiger partial charge on any atom is -0.352 e. The highest BCUT2D eigenvalue weighted by atomic mass is 32.1. The fraction of sp³-hybridized carbons (Fsp3) is 0.450. The molecule has 0 unspecified atom stereocenters. The summed E-state index contributed by atoms with van der Waals surface area (Å²) in [6.07, 6.45) is 5.52. The molecule has 2 N–H and O–H groups in total. The average molecular weight is 372 g/mol. The Morgan fingerprint density at radius 1 is 1.15 bits per heavy atom. The molecule has 3 rings (SSSR count). The summed E-state index contributed by atoms with van der Waals surface area (Å²) >= 11 is 1.79. The van der Waals surface area contributed by atoms with Crippen LogP contribution in [-0.2, 0) is 24.1 Å². The van der Waals surface area contributed by atoms with Crippen LogP contribution in [0.15, 0.2) is 24.3 Å². The van der Waals surface area contributed by atoms with Gasteiger partial charge in [0.05, 0.1) is 10.7 Å². The van der Waals surface area contributed by atoms with E-state index in [9.17, 15) is 9.59 Å². The number of hydrogen-bond acceptors (Lipinski definition) is 4. The predicted octanol–water partition coefficient (Wildman–Crippen LogP) is 3.59. The first-order valence-corrected chi connectivity index (χ1v) is 10.0. The van der Waals surface area contributed by atoms with Gasteiger partial charge in [-0.25, -0.2) is 4.98 Å². The van der Waals surface area contributed by atoms with E-state index in [4.69, 9.17) is 4.98 Å². The highest BCUT2D eigenvalue weighted by Gasteiger charge is 2.15. The first-order valence-electron chi connectivity index (χ1n) is 9.19.